The summed E-state index contributed by atoms with van der Waals surface area (Å²) < 4.78 is 22.2. The van der Waals surface area contributed by atoms with Crippen LogP contribution < -0.4 is 27.0 Å². The fraction of sp³-hybridized carbons (Fsp3) is 0.207. The first kappa shape index (κ1) is 26.6. The lowest BCUT2D eigenvalue weighted by atomic mass is 9.90. The number of benzene rings is 3. The third-order valence-electron chi connectivity index (χ3n) is 6.79. The molecule has 0 bridgehead atoms. The summed E-state index contributed by atoms with van der Waals surface area (Å²) in [5.74, 6) is -0.663. The molecular weight excluding hydrogens is 487 g/mol. The number of anilines is 1. The average Bonchev–Trinajstić information content (AvgIpc) is 2.90. The SMILES string of the molecule is COc1cc(-c2cccc(-c3cccc(NC(=O)c4cn(C)c(=O)n(C)c4=O)c3C)c2C)cc(F)c1CN. The Morgan fingerprint density at radius 2 is 1.63 bits per heavy atom. The van der Waals surface area contributed by atoms with E-state index in [4.69, 9.17) is 10.5 Å². The molecule has 4 rings (SSSR count). The van der Waals surface area contributed by atoms with Crippen LogP contribution in [0.5, 0.6) is 5.75 Å². The largest absolute Gasteiger partial charge is 0.496 e. The van der Waals surface area contributed by atoms with Gasteiger partial charge < -0.3 is 20.4 Å². The first-order valence-electron chi connectivity index (χ1n) is 11.9. The zero-order valence-corrected chi connectivity index (χ0v) is 21.9. The van der Waals surface area contributed by atoms with Crippen LogP contribution in [0.25, 0.3) is 22.3 Å². The van der Waals surface area contributed by atoms with Crippen molar-refractivity contribution in [3.63, 3.8) is 0 Å². The molecule has 0 saturated heterocycles. The van der Waals surface area contributed by atoms with E-state index in [1.807, 2.05) is 44.2 Å². The number of aromatic nitrogens is 2. The minimum absolute atomic E-state index is 0.0252. The predicted molar refractivity (Wildman–Crippen MR) is 146 cm³/mol. The number of nitrogens with one attached hydrogen (secondary N) is 1. The number of carbonyl (C=O) groups excluding carboxylic acids is 1. The van der Waals surface area contributed by atoms with E-state index in [0.29, 0.717) is 22.6 Å². The van der Waals surface area contributed by atoms with Gasteiger partial charge in [0.1, 0.15) is 17.1 Å². The minimum Gasteiger partial charge on any atom is -0.496 e. The molecule has 4 aromatic rings. The van der Waals surface area contributed by atoms with Crippen LogP contribution in [0.2, 0.25) is 0 Å². The van der Waals surface area contributed by atoms with Crippen molar-refractivity contribution in [2.75, 3.05) is 12.4 Å². The second-order valence-electron chi connectivity index (χ2n) is 9.05. The van der Waals surface area contributed by atoms with Crippen molar-refractivity contribution in [2.45, 2.75) is 20.4 Å². The van der Waals surface area contributed by atoms with Gasteiger partial charge in [-0.3, -0.25) is 14.2 Å². The lowest BCUT2D eigenvalue weighted by Crippen LogP contribution is -2.40. The Hall–Kier alpha value is -4.50. The molecule has 0 aliphatic rings. The van der Waals surface area contributed by atoms with Crippen LogP contribution in [0, 0.1) is 19.7 Å². The monoisotopic (exact) mass is 516 g/mol. The summed E-state index contributed by atoms with van der Waals surface area (Å²) >= 11 is 0. The fourth-order valence-electron chi connectivity index (χ4n) is 4.60. The van der Waals surface area contributed by atoms with Gasteiger partial charge in [-0.2, -0.15) is 0 Å². The number of carbonyl (C=O) groups is 1. The number of rotatable bonds is 6. The highest BCUT2D eigenvalue weighted by molar-refractivity contribution is 6.04. The summed E-state index contributed by atoms with van der Waals surface area (Å²) in [6.07, 6.45) is 1.23. The standard InChI is InChI=1S/C29H29FN4O4/c1-16-19(18-12-24(30)22(14-31)26(13-18)38-5)8-6-9-20(16)21-10-7-11-25(17(21)2)32-27(35)23-15-33(3)29(37)34(4)28(23)36/h6-13,15H,14,31H2,1-5H3,(H,32,35). The number of nitrogens with zero attached hydrogens (tertiary/aromatic N) is 2. The Balaban J connectivity index is 1.76. The first-order valence-corrected chi connectivity index (χ1v) is 11.9. The Morgan fingerprint density at radius 3 is 2.29 bits per heavy atom. The zero-order valence-electron chi connectivity index (χ0n) is 21.9. The van der Waals surface area contributed by atoms with Gasteiger partial charge in [-0.05, 0) is 65.4 Å². The molecule has 8 nitrogen and oxygen atoms in total. The first-order chi connectivity index (χ1) is 18.1. The van der Waals surface area contributed by atoms with E-state index in [1.54, 1.807) is 12.1 Å². The molecule has 196 valence electrons. The van der Waals surface area contributed by atoms with E-state index in [-0.39, 0.29) is 12.1 Å². The molecule has 0 spiro atoms. The molecule has 0 fully saturated rings. The quantitative estimate of drug-likeness (QED) is 0.404. The molecule has 0 unspecified atom stereocenters. The Labute approximate surface area is 219 Å². The Kier molecular flexibility index (Phi) is 7.32. The van der Waals surface area contributed by atoms with E-state index >= 15 is 0 Å². The summed E-state index contributed by atoms with van der Waals surface area (Å²) in [6, 6.07) is 14.5. The minimum atomic E-state index is -0.675. The summed E-state index contributed by atoms with van der Waals surface area (Å²) in [7, 11) is 4.29. The van der Waals surface area contributed by atoms with Crippen molar-refractivity contribution < 1.29 is 13.9 Å². The number of hydrogen-bond donors (Lipinski definition) is 2. The Bertz CT molecular complexity index is 1690. The molecule has 0 saturated carbocycles. The van der Waals surface area contributed by atoms with Gasteiger partial charge in [-0.1, -0.05) is 30.3 Å². The second kappa shape index (κ2) is 10.5. The molecule has 3 aromatic carbocycles. The molecule has 38 heavy (non-hydrogen) atoms. The van der Waals surface area contributed by atoms with Crippen LogP contribution in [0.15, 0.2) is 64.3 Å². The van der Waals surface area contributed by atoms with Crippen LogP contribution in [0.1, 0.15) is 27.0 Å². The van der Waals surface area contributed by atoms with Gasteiger partial charge >= 0.3 is 5.69 Å². The molecule has 9 heteroatoms. The third-order valence-corrected chi connectivity index (χ3v) is 6.79. The van der Waals surface area contributed by atoms with Crippen molar-refractivity contribution in [1.29, 1.82) is 0 Å². The molecule has 0 atom stereocenters. The Morgan fingerprint density at radius 1 is 1.00 bits per heavy atom. The van der Waals surface area contributed by atoms with Crippen molar-refractivity contribution in [2.24, 2.45) is 19.8 Å². The van der Waals surface area contributed by atoms with E-state index in [0.717, 1.165) is 32.4 Å². The summed E-state index contributed by atoms with van der Waals surface area (Å²) in [5, 5.41) is 2.81. The maximum absolute atomic E-state index is 14.8. The molecule has 1 aromatic heterocycles. The second-order valence-corrected chi connectivity index (χ2v) is 9.05. The van der Waals surface area contributed by atoms with Crippen LogP contribution in [0.3, 0.4) is 0 Å². The number of nitrogens with two attached hydrogens (primary N) is 1. The van der Waals surface area contributed by atoms with E-state index in [2.05, 4.69) is 5.32 Å². The zero-order chi connectivity index (χ0) is 27.7. The topological polar surface area (TPSA) is 108 Å². The highest BCUT2D eigenvalue weighted by Crippen LogP contribution is 2.37. The van der Waals surface area contributed by atoms with Gasteiger partial charge in [-0.15, -0.1) is 0 Å². The lowest BCUT2D eigenvalue weighted by Gasteiger charge is -2.18. The van der Waals surface area contributed by atoms with Crippen molar-refractivity contribution >= 4 is 11.6 Å². The highest BCUT2D eigenvalue weighted by Gasteiger charge is 2.18. The molecule has 0 aliphatic carbocycles. The maximum atomic E-state index is 14.8. The molecule has 1 amide bonds. The maximum Gasteiger partial charge on any atom is 0.330 e. The predicted octanol–water partition coefficient (Wildman–Crippen LogP) is 3.89. The van der Waals surface area contributed by atoms with Crippen molar-refractivity contribution in [3.8, 4) is 28.0 Å². The van der Waals surface area contributed by atoms with Gasteiger partial charge in [-0.25, -0.2) is 9.18 Å². The number of amides is 1. The average molecular weight is 517 g/mol. The number of halogens is 1. The third kappa shape index (κ3) is 4.64. The van der Waals surface area contributed by atoms with Crippen LogP contribution >= 0.6 is 0 Å². The molecule has 1 heterocycles. The number of ether oxygens (including phenoxy) is 1. The van der Waals surface area contributed by atoms with E-state index < -0.39 is 23.0 Å². The molecule has 3 N–H and O–H groups in total. The lowest BCUT2D eigenvalue weighted by molar-refractivity contribution is 0.102. The number of hydrogen-bond acceptors (Lipinski definition) is 5. The van der Waals surface area contributed by atoms with E-state index in [1.165, 1.54) is 38.0 Å². The van der Waals surface area contributed by atoms with E-state index in [9.17, 15) is 18.8 Å². The van der Waals surface area contributed by atoms with Gasteiger partial charge in [0.05, 0.1) is 7.11 Å². The summed E-state index contributed by atoms with van der Waals surface area (Å²) in [4.78, 5) is 37.5. The normalized spacial score (nSPS) is 10.9. The molecular formula is C29H29FN4O4. The number of methoxy groups -OCH3 is 1. The smallest absolute Gasteiger partial charge is 0.330 e. The van der Waals surface area contributed by atoms with Crippen molar-refractivity contribution in [3.05, 3.63) is 104 Å². The van der Waals surface area contributed by atoms with Crippen LogP contribution in [0.4, 0.5) is 10.1 Å². The summed E-state index contributed by atoms with van der Waals surface area (Å²) in [5.41, 5.74) is 10.1. The highest BCUT2D eigenvalue weighted by atomic mass is 19.1. The van der Waals surface area contributed by atoms with Crippen LogP contribution in [-0.4, -0.2) is 22.2 Å². The molecule has 0 aliphatic heterocycles. The van der Waals surface area contributed by atoms with Gasteiger partial charge in [0, 0.05) is 38.1 Å². The van der Waals surface area contributed by atoms with Gasteiger partial charge in [0.2, 0.25) is 0 Å². The van der Waals surface area contributed by atoms with Crippen LogP contribution in [-0.2, 0) is 20.6 Å². The van der Waals surface area contributed by atoms with Gasteiger partial charge in [0.25, 0.3) is 11.5 Å². The van der Waals surface area contributed by atoms with Crippen molar-refractivity contribution in [1.82, 2.24) is 9.13 Å². The molecule has 0 radical (unpaired) electrons. The van der Waals surface area contributed by atoms with Gasteiger partial charge in [0.15, 0.2) is 0 Å². The number of aryl methyl sites for hydroxylation is 1. The summed E-state index contributed by atoms with van der Waals surface area (Å²) in [6.45, 7) is 3.84. The fourth-order valence-corrected chi connectivity index (χ4v) is 4.60.